The highest BCUT2D eigenvalue weighted by Crippen LogP contribution is 2.28. The summed E-state index contributed by atoms with van der Waals surface area (Å²) in [7, 11) is 5.72. The Hall–Kier alpha value is -1.89. The molecule has 1 N–H and O–H groups in total. The van der Waals surface area contributed by atoms with Gasteiger partial charge in [-0.1, -0.05) is 0 Å². The third kappa shape index (κ3) is 3.16. The molecule has 1 unspecified atom stereocenters. The topological polar surface area (TPSA) is 74.5 Å². The quantitative estimate of drug-likeness (QED) is 0.649. The monoisotopic (exact) mass is 279 g/mol. The van der Waals surface area contributed by atoms with Crippen LogP contribution in [-0.4, -0.2) is 55.6 Å². The molecular formula is C13H21N5O2. The van der Waals surface area contributed by atoms with Crippen LogP contribution in [0.15, 0.2) is 12.1 Å². The summed E-state index contributed by atoms with van der Waals surface area (Å²) in [6.07, 6.45) is 1.13. The zero-order valence-electron chi connectivity index (χ0n) is 12.2. The van der Waals surface area contributed by atoms with Crippen LogP contribution in [0.2, 0.25) is 0 Å². The highest BCUT2D eigenvalue weighted by Gasteiger charge is 2.25. The molecule has 0 aromatic carbocycles. The van der Waals surface area contributed by atoms with Gasteiger partial charge in [0.15, 0.2) is 0 Å². The molecule has 0 aliphatic carbocycles. The zero-order chi connectivity index (χ0) is 14.7. The van der Waals surface area contributed by atoms with E-state index >= 15 is 0 Å². The molecule has 1 aliphatic rings. The normalized spacial score (nSPS) is 19.1. The number of nitrogens with one attached hydrogen (secondary N) is 1. The molecule has 0 bridgehead atoms. The third-order valence-corrected chi connectivity index (χ3v) is 3.69. The standard InChI is InChI=1S/C13H21N5O2/c1-14-12-5-4-11(18(19)20)13(15-12)17(3)9-10-6-7-16(2)8-10/h4-5,10H,6-9H2,1-3H3,(H,14,15). The Kier molecular flexibility index (Phi) is 4.39. The van der Waals surface area contributed by atoms with Gasteiger partial charge in [0.25, 0.3) is 0 Å². The van der Waals surface area contributed by atoms with E-state index in [9.17, 15) is 10.1 Å². The van der Waals surface area contributed by atoms with Crippen molar-refractivity contribution in [1.29, 1.82) is 0 Å². The van der Waals surface area contributed by atoms with Gasteiger partial charge in [-0.05, 0) is 32.0 Å². The molecule has 0 amide bonds. The van der Waals surface area contributed by atoms with Crippen LogP contribution in [-0.2, 0) is 0 Å². The van der Waals surface area contributed by atoms with Crippen molar-refractivity contribution in [2.45, 2.75) is 6.42 Å². The molecule has 1 aliphatic heterocycles. The van der Waals surface area contributed by atoms with Crippen LogP contribution < -0.4 is 10.2 Å². The molecule has 0 spiro atoms. The maximum atomic E-state index is 11.1. The predicted molar refractivity (Wildman–Crippen MR) is 79.3 cm³/mol. The van der Waals surface area contributed by atoms with E-state index in [4.69, 9.17) is 0 Å². The Bertz CT molecular complexity index is 494. The molecule has 0 saturated carbocycles. The van der Waals surface area contributed by atoms with Crippen LogP contribution in [0.25, 0.3) is 0 Å². The number of rotatable bonds is 5. The summed E-state index contributed by atoms with van der Waals surface area (Å²) >= 11 is 0. The smallest absolute Gasteiger partial charge is 0.311 e. The minimum Gasteiger partial charge on any atom is -0.373 e. The van der Waals surface area contributed by atoms with Crippen molar-refractivity contribution in [2.75, 3.05) is 51.0 Å². The summed E-state index contributed by atoms with van der Waals surface area (Å²) in [6, 6.07) is 3.13. The Morgan fingerprint density at radius 3 is 2.90 bits per heavy atom. The molecule has 7 nitrogen and oxygen atoms in total. The lowest BCUT2D eigenvalue weighted by atomic mass is 10.1. The molecule has 20 heavy (non-hydrogen) atoms. The van der Waals surface area contributed by atoms with Crippen molar-refractivity contribution in [3.8, 4) is 0 Å². The average molecular weight is 279 g/mol. The van der Waals surface area contributed by atoms with E-state index in [-0.39, 0.29) is 10.6 Å². The minimum atomic E-state index is -0.376. The second-order valence-electron chi connectivity index (χ2n) is 5.34. The van der Waals surface area contributed by atoms with Crippen LogP contribution in [0.1, 0.15) is 6.42 Å². The van der Waals surface area contributed by atoms with E-state index < -0.39 is 0 Å². The fraction of sp³-hybridized carbons (Fsp3) is 0.615. The van der Waals surface area contributed by atoms with Crippen LogP contribution in [0.4, 0.5) is 17.3 Å². The van der Waals surface area contributed by atoms with Gasteiger partial charge in [0, 0.05) is 33.3 Å². The van der Waals surface area contributed by atoms with Gasteiger partial charge in [-0.25, -0.2) is 4.98 Å². The summed E-state index contributed by atoms with van der Waals surface area (Å²) in [5, 5.41) is 14.0. The predicted octanol–water partition coefficient (Wildman–Crippen LogP) is 1.42. The molecule has 2 heterocycles. The molecule has 1 atom stereocenters. The molecule has 1 saturated heterocycles. The second kappa shape index (κ2) is 6.04. The van der Waals surface area contributed by atoms with Gasteiger partial charge in [0.2, 0.25) is 5.82 Å². The Labute approximate surface area is 118 Å². The first-order valence-electron chi connectivity index (χ1n) is 6.74. The first-order chi connectivity index (χ1) is 9.51. The minimum absolute atomic E-state index is 0.0536. The number of pyridine rings is 1. The number of nitrogens with zero attached hydrogens (tertiary/aromatic N) is 4. The fourth-order valence-corrected chi connectivity index (χ4v) is 2.65. The number of hydrogen-bond donors (Lipinski definition) is 1. The lowest BCUT2D eigenvalue weighted by molar-refractivity contribution is -0.384. The highest BCUT2D eigenvalue weighted by atomic mass is 16.6. The summed E-state index contributed by atoms with van der Waals surface area (Å²) in [6.45, 7) is 2.90. The Morgan fingerprint density at radius 1 is 1.60 bits per heavy atom. The van der Waals surface area contributed by atoms with Crippen LogP contribution in [0.3, 0.4) is 0 Å². The lowest BCUT2D eigenvalue weighted by Crippen LogP contribution is -2.28. The molecular weight excluding hydrogens is 258 g/mol. The number of anilines is 2. The van der Waals surface area contributed by atoms with Crippen LogP contribution in [0, 0.1) is 16.0 Å². The van der Waals surface area contributed by atoms with Crippen molar-refractivity contribution in [3.05, 3.63) is 22.2 Å². The molecule has 0 radical (unpaired) electrons. The number of likely N-dealkylation sites (tertiary alicyclic amines) is 1. The molecule has 110 valence electrons. The zero-order valence-corrected chi connectivity index (χ0v) is 12.2. The Morgan fingerprint density at radius 2 is 2.35 bits per heavy atom. The van der Waals surface area contributed by atoms with E-state index in [1.54, 1.807) is 13.1 Å². The summed E-state index contributed by atoms with van der Waals surface area (Å²) in [5.74, 6) is 1.60. The summed E-state index contributed by atoms with van der Waals surface area (Å²) in [5.41, 5.74) is 0.0536. The van der Waals surface area contributed by atoms with Crippen molar-refractivity contribution in [3.63, 3.8) is 0 Å². The van der Waals surface area contributed by atoms with Crippen LogP contribution in [0.5, 0.6) is 0 Å². The van der Waals surface area contributed by atoms with Crippen molar-refractivity contribution >= 4 is 17.3 Å². The van der Waals surface area contributed by atoms with Crippen molar-refractivity contribution < 1.29 is 4.92 Å². The van der Waals surface area contributed by atoms with Gasteiger partial charge in [-0.3, -0.25) is 10.1 Å². The summed E-state index contributed by atoms with van der Waals surface area (Å²) < 4.78 is 0. The third-order valence-electron chi connectivity index (χ3n) is 3.69. The van der Waals surface area contributed by atoms with E-state index in [0.717, 1.165) is 26.1 Å². The van der Waals surface area contributed by atoms with Crippen molar-refractivity contribution in [2.24, 2.45) is 5.92 Å². The van der Waals surface area contributed by atoms with Gasteiger partial charge in [0.05, 0.1) is 4.92 Å². The highest BCUT2D eigenvalue weighted by molar-refractivity contribution is 5.61. The molecule has 2 rings (SSSR count). The SMILES string of the molecule is CNc1ccc([N+](=O)[O-])c(N(C)CC2CCN(C)C2)n1. The van der Waals surface area contributed by atoms with Crippen LogP contribution >= 0.6 is 0 Å². The average Bonchev–Trinajstić information content (AvgIpc) is 2.83. The van der Waals surface area contributed by atoms with E-state index in [2.05, 4.69) is 22.2 Å². The van der Waals surface area contributed by atoms with Gasteiger partial charge in [0.1, 0.15) is 5.82 Å². The largest absolute Gasteiger partial charge is 0.373 e. The van der Waals surface area contributed by atoms with E-state index in [1.165, 1.54) is 6.07 Å². The second-order valence-corrected chi connectivity index (χ2v) is 5.34. The molecule has 1 fully saturated rings. The van der Waals surface area contributed by atoms with Gasteiger partial charge in [-0.15, -0.1) is 0 Å². The molecule has 1 aromatic rings. The summed E-state index contributed by atoms with van der Waals surface area (Å²) in [4.78, 5) is 19.3. The van der Waals surface area contributed by atoms with Gasteiger partial charge >= 0.3 is 5.69 Å². The maximum Gasteiger partial charge on any atom is 0.311 e. The van der Waals surface area contributed by atoms with Gasteiger partial charge < -0.3 is 15.1 Å². The first kappa shape index (κ1) is 14.5. The van der Waals surface area contributed by atoms with E-state index in [1.807, 2.05) is 11.9 Å². The van der Waals surface area contributed by atoms with E-state index in [0.29, 0.717) is 17.6 Å². The number of hydrogen-bond acceptors (Lipinski definition) is 6. The van der Waals surface area contributed by atoms with Crippen molar-refractivity contribution in [1.82, 2.24) is 9.88 Å². The first-order valence-corrected chi connectivity index (χ1v) is 6.74. The maximum absolute atomic E-state index is 11.1. The number of aromatic nitrogens is 1. The lowest BCUT2D eigenvalue weighted by Gasteiger charge is -2.22. The Balaban J connectivity index is 2.18. The van der Waals surface area contributed by atoms with Gasteiger partial charge in [-0.2, -0.15) is 0 Å². The number of nitro groups is 1. The molecule has 7 heteroatoms. The fourth-order valence-electron chi connectivity index (χ4n) is 2.65. The molecule has 1 aromatic heterocycles.